The van der Waals surface area contributed by atoms with E-state index in [9.17, 15) is 5.11 Å². The SMILES string of the molecule is CC(C)CCN(Cc1cc(O)ccc1Br)C1CCCC1. The van der Waals surface area contributed by atoms with Crippen LogP contribution in [0.4, 0.5) is 0 Å². The van der Waals surface area contributed by atoms with Crippen LogP contribution in [0.3, 0.4) is 0 Å². The van der Waals surface area contributed by atoms with E-state index in [0.29, 0.717) is 5.75 Å². The van der Waals surface area contributed by atoms with E-state index in [-0.39, 0.29) is 0 Å². The average molecular weight is 340 g/mol. The van der Waals surface area contributed by atoms with Gasteiger partial charge in [-0.15, -0.1) is 0 Å². The van der Waals surface area contributed by atoms with E-state index in [2.05, 4.69) is 34.7 Å². The first-order valence-corrected chi connectivity index (χ1v) is 8.57. The lowest BCUT2D eigenvalue weighted by Gasteiger charge is -2.30. The van der Waals surface area contributed by atoms with Crippen LogP contribution in [-0.4, -0.2) is 22.6 Å². The second kappa shape index (κ2) is 7.46. The van der Waals surface area contributed by atoms with Crippen molar-refractivity contribution in [3.8, 4) is 5.75 Å². The van der Waals surface area contributed by atoms with Gasteiger partial charge in [-0.3, -0.25) is 4.90 Å². The summed E-state index contributed by atoms with van der Waals surface area (Å²) in [5.41, 5.74) is 1.20. The molecule has 1 N–H and O–H groups in total. The van der Waals surface area contributed by atoms with E-state index < -0.39 is 0 Å². The first-order valence-electron chi connectivity index (χ1n) is 7.77. The van der Waals surface area contributed by atoms with E-state index in [1.807, 2.05) is 12.1 Å². The molecule has 0 aliphatic heterocycles. The van der Waals surface area contributed by atoms with Gasteiger partial charge in [-0.05, 0) is 55.5 Å². The number of nitrogens with zero attached hydrogens (tertiary/aromatic N) is 1. The summed E-state index contributed by atoms with van der Waals surface area (Å²) in [5, 5.41) is 9.69. The monoisotopic (exact) mass is 339 g/mol. The molecule has 3 heteroatoms. The number of phenols is 1. The van der Waals surface area contributed by atoms with E-state index in [0.717, 1.165) is 29.5 Å². The molecule has 1 saturated carbocycles. The minimum atomic E-state index is 0.360. The Morgan fingerprint density at radius 2 is 2.00 bits per heavy atom. The van der Waals surface area contributed by atoms with E-state index in [1.54, 1.807) is 6.07 Å². The zero-order valence-corrected chi connectivity index (χ0v) is 14.2. The van der Waals surface area contributed by atoms with Gasteiger partial charge in [0.05, 0.1) is 0 Å². The Bertz CT molecular complexity index is 427. The van der Waals surface area contributed by atoms with Crippen LogP contribution in [0, 0.1) is 5.92 Å². The molecule has 0 amide bonds. The van der Waals surface area contributed by atoms with Crippen LogP contribution in [0.2, 0.25) is 0 Å². The number of aromatic hydroxyl groups is 1. The lowest BCUT2D eigenvalue weighted by Crippen LogP contribution is -2.34. The van der Waals surface area contributed by atoms with Gasteiger partial charge >= 0.3 is 0 Å². The number of rotatable bonds is 6. The molecule has 0 radical (unpaired) electrons. The number of phenolic OH excluding ortho intramolecular Hbond substituents is 1. The summed E-state index contributed by atoms with van der Waals surface area (Å²) < 4.78 is 1.10. The van der Waals surface area contributed by atoms with Crippen molar-refractivity contribution in [2.24, 2.45) is 5.92 Å². The third-order valence-electron chi connectivity index (χ3n) is 4.24. The highest BCUT2D eigenvalue weighted by Crippen LogP contribution is 2.29. The Hall–Kier alpha value is -0.540. The maximum atomic E-state index is 9.69. The zero-order valence-electron chi connectivity index (χ0n) is 12.6. The van der Waals surface area contributed by atoms with Gasteiger partial charge in [-0.25, -0.2) is 0 Å². The van der Waals surface area contributed by atoms with Crippen molar-refractivity contribution in [2.75, 3.05) is 6.54 Å². The standard InChI is InChI=1S/C17H26BrNO/c1-13(2)9-10-19(15-5-3-4-6-15)12-14-11-16(20)7-8-17(14)18/h7-8,11,13,15,20H,3-6,9-10,12H2,1-2H3. The molecular weight excluding hydrogens is 314 g/mol. The van der Waals surface area contributed by atoms with Crippen molar-refractivity contribution in [2.45, 2.75) is 58.5 Å². The molecule has 2 nitrogen and oxygen atoms in total. The van der Waals surface area contributed by atoms with Crippen molar-refractivity contribution in [3.63, 3.8) is 0 Å². The summed E-state index contributed by atoms with van der Waals surface area (Å²) in [6.07, 6.45) is 6.63. The van der Waals surface area contributed by atoms with Crippen molar-refractivity contribution < 1.29 is 5.11 Å². The highest BCUT2D eigenvalue weighted by molar-refractivity contribution is 9.10. The molecule has 1 aromatic rings. The summed E-state index contributed by atoms with van der Waals surface area (Å²) in [7, 11) is 0. The van der Waals surface area contributed by atoms with E-state index >= 15 is 0 Å². The minimum Gasteiger partial charge on any atom is -0.508 e. The molecule has 112 valence electrons. The molecular formula is C17H26BrNO. The quantitative estimate of drug-likeness (QED) is 0.792. The van der Waals surface area contributed by atoms with Gasteiger partial charge < -0.3 is 5.11 Å². The second-order valence-electron chi connectivity index (χ2n) is 6.37. The smallest absolute Gasteiger partial charge is 0.115 e. The fraction of sp³-hybridized carbons (Fsp3) is 0.647. The summed E-state index contributed by atoms with van der Waals surface area (Å²) in [6.45, 7) is 6.67. The van der Waals surface area contributed by atoms with Crippen molar-refractivity contribution >= 4 is 15.9 Å². The number of benzene rings is 1. The van der Waals surface area contributed by atoms with Crippen LogP contribution in [-0.2, 0) is 6.54 Å². The van der Waals surface area contributed by atoms with Gasteiger partial charge in [0.2, 0.25) is 0 Å². The van der Waals surface area contributed by atoms with Gasteiger partial charge in [0.25, 0.3) is 0 Å². The predicted octanol–water partition coefficient (Wildman–Crippen LogP) is 4.95. The molecule has 0 spiro atoms. The van der Waals surface area contributed by atoms with Gasteiger partial charge in [0, 0.05) is 17.1 Å². The third-order valence-corrected chi connectivity index (χ3v) is 5.01. The molecule has 20 heavy (non-hydrogen) atoms. The maximum absolute atomic E-state index is 9.69. The van der Waals surface area contributed by atoms with Crippen LogP contribution in [0.15, 0.2) is 22.7 Å². The van der Waals surface area contributed by atoms with Crippen LogP contribution in [0.5, 0.6) is 5.75 Å². The summed E-state index contributed by atoms with van der Waals surface area (Å²) in [6, 6.07) is 6.30. The van der Waals surface area contributed by atoms with Gasteiger partial charge in [-0.1, -0.05) is 42.6 Å². The first-order chi connectivity index (χ1) is 9.56. The molecule has 2 rings (SSSR count). The highest BCUT2D eigenvalue weighted by atomic mass is 79.9. The third kappa shape index (κ3) is 4.49. The predicted molar refractivity (Wildman–Crippen MR) is 87.9 cm³/mol. The molecule has 0 aromatic heterocycles. The lowest BCUT2D eigenvalue weighted by atomic mass is 10.1. The van der Waals surface area contributed by atoms with Gasteiger partial charge in [-0.2, -0.15) is 0 Å². The molecule has 0 bridgehead atoms. The average Bonchev–Trinajstić information content (AvgIpc) is 2.92. The topological polar surface area (TPSA) is 23.5 Å². The summed E-state index contributed by atoms with van der Waals surface area (Å²) >= 11 is 3.61. The Kier molecular flexibility index (Phi) is 5.91. The largest absolute Gasteiger partial charge is 0.508 e. The molecule has 0 heterocycles. The Labute approximate surface area is 131 Å². The fourth-order valence-electron chi connectivity index (χ4n) is 2.99. The summed E-state index contributed by atoms with van der Waals surface area (Å²) in [4.78, 5) is 2.62. The van der Waals surface area contributed by atoms with Crippen molar-refractivity contribution in [1.82, 2.24) is 4.90 Å². The molecule has 0 atom stereocenters. The van der Waals surface area contributed by atoms with Crippen molar-refractivity contribution in [1.29, 1.82) is 0 Å². The zero-order chi connectivity index (χ0) is 14.5. The normalized spacial score (nSPS) is 16.4. The fourth-order valence-corrected chi connectivity index (χ4v) is 3.36. The number of hydrogen-bond donors (Lipinski definition) is 1. The second-order valence-corrected chi connectivity index (χ2v) is 7.22. The van der Waals surface area contributed by atoms with Crippen LogP contribution in [0.1, 0.15) is 51.5 Å². The molecule has 0 saturated heterocycles. The Balaban J connectivity index is 2.07. The maximum Gasteiger partial charge on any atom is 0.115 e. The number of hydrogen-bond acceptors (Lipinski definition) is 2. The van der Waals surface area contributed by atoms with Crippen LogP contribution in [0.25, 0.3) is 0 Å². The highest BCUT2D eigenvalue weighted by Gasteiger charge is 2.23. The van der Waals surface area contributed by atoms with Gasteiger partial charge in [0.1, 0.15) is 5.75 Å². The van der Waals surface area contributed by atoms with Crippen molar-refractivity contribution in [3.05, 3.63) is 28.2 Å². The van der Waals surface area contributed by atoms with E-state index in [4.69, 9.17) is 0 Å². The number of halogens is 1. The molecule has 0 unspecified atom stereocenters. The van der Waals surface area contributed by atoms with Crippen LogP contribution < -0.4 is 0 Å². The molecule has 1 aromatic carbocycles. The minimum absolute atomic E-state index is 0.360. The summed E-state index contributed by atoms with van der Waals surface area (Å²) in [5.74, 6) is 1.10. The van der Waals surface area contributed by atoms with E-state index in [1.165, 1.54) is 37.7 Å². The Morgan fingerprint density at radius 1 is 1.30 bits per heavy atom. The lowest BCUT2D eigenvalue weighted by molar-refractivity contribution is 0.179. The molecule has 1 fully saturated rings. The van der Waals surface area contributed by atoms with Gasteiger partial charge in [0.15, 0.2) is 0 Å². The first kappa shape index (κ1) is 15.8. The van der Waals surface area contributed by atoms with Crippen LogP contribution >= 0.6 is 15.9 Å². The molecule has 1 aliphatic rings. The Morgan fingerprint density at radius 3 is 2.65 bits per heavy atom. The molecule has 1 aliphatic carbocycles.